The fourth-order valence-corrected chi connectivity index (χ4v) is 4.01. The average Bonchev–Trinajstić information content (AvgIpc) is 2.77. The van der Waals surface area contributed by atoms with Crippen LogP contribution in [0.1, 0.15) is 15.9 Å². The van der Waals surface area contributed by atoms with Gasteiger partial charge in [0.25, 0.3) is 15.9 Å². The number of nitrogens with zero attached hydrogens (tertiary/aromatic N) is 1. The number of benzene rings is 3. The van der Waals surface area contributed by atoms with Crippen LogP contribution in [0.4, 0.5) is 24.5 Å². The fraction of sp³-hybridized carbons (Fsp3) is 0.0952. The Labute approximate surface area is 177 Å². The molecule has 3 rings (SSSR count). The normalized spacial score (nSPS) is 11.6. The van der Waals surface area contributed by atoms with E-state index in [0.717, 1.165) is 16.4 Å². The van der Waals surface area contributed by atoms with E-state index in [9.17, 15) is 26.4 Å². The molecule has 0 saturated carbocycles. The standard InChI is InChI=1S/C21H18F3N3O3S/c1-27(16-9-3-2-4-10-16)31(29,30)17-11-7-8-15(14-17)20(28)26-25-19-13-6-5-12-18(19)21(22,23)24/h2-14,25H,1H3,(H,26,28). The third-order valence-corrected chi connectivity index (χ3v) is 6.20. The van der Waals surface area contributed by atoms with E-state index in [-0.39, 0.29) is 16.1 Å². The van der Waals surface area contributed by atoms with Gasteiger partial charge in [0.15, 0.2) is 0 Å². The predicted molar refractivity (Wildman–Crippen MR) is 111 cm³/mol. The summed E-state index contributed by atoms with van der Waals surface area (Å²) in [5.74, 6) is -0.795. The number of hydrogen-bond donors (Lipinski definition) is 2. The molecule has 0 spiro atoms. The summed E-state index contributed by atoms with van der Waals surface area (Å²) in [7, 11) is -2.58. The number of carbonyl (C=O) groups excluding carboxylic acids is 1. The summed E-state index contributed by atoms with van der Waals surface area (Å²) in [6, 6.07) is 18.2. The van der Waals surface area contributed by atoms with Gasteiger partial charge in [-0.1, -0.05) is 36.4 Å². The molecule has 0 aliphatic rings. The number of carbonyl (C=O) groups is 1. The molecule has 0 aromatic heterocycles. The second-order valence-corrected chi connectivity index (χ2v) is 8.43. The minimum atomic E-state index is -4.61. The molecule has 0 aliphatic heterocycles. The molecule has 0 unspecified atom stereocenters. The largest absolute Gasteiger partial charge is 0.418 e. The van der Waals surface area contributed by atoms with Crippen molar-refractivity contribution >= 4 is 27.3 Å². The molecule has 6 nitrogen and oxygen atoms in total. The Morgan fingerprint density at radius 3 is 2.23 bits per heavy atom. The minimum absolute atomic E-state index is 0.0421. The van der Waals surface area contributed by atoms with Gasteiger partial charge in [-0.2, -0.15) is 13.2 Å². The second kappa shape index (κ2) is 8.68. The maximum absolute atomic E-state index is 13.1. The maximum Gasteiger partial charge on any atom is 0.418 e. The number of halogens is 3. The van der Waals surface area contributed by atoms with E-state index < -0.39 is 27.7 Å². The van der Waals surface area contributed by atoms with Crippen molar-refractivity contribution in [1.82, 2.24) is 5.43 Å². The summed E-state index contributed by atoms with van der Waals surface area (Å²) in [5, 5.41) is 0. The summed E-state index contributed by atoms with van der Waals surface area (Å²) in [5.41, 5.74) is 3.52. The summed E-state index contributed by atoms with van der Waals surface area (Å²) >= 11 is 0. The Kier molecular flexibility index (Phi) is 6.21. The molecular weight excluding hydrogens is 431 g/mol. The zero-order chi connectivity index (χ0) is 22.6. The molecule has 0 radical (unpaired) electrons. The van der Waals surface area contributed by atoms with Crippen LogP contribution >= 0.6 is 0 Å². The first-order valence-electron chi connectivity index (χ1n) is 8.97. The van der Waals surface area contributed by atoms with Crippen LogP contribution in [0.5, 0.6) is 0 Å². The number of para-hydroxylation sites is 2. The van der Waals surface area contributed by atoms with Crippen LogP contribution in [0, 0.1) is 0 Å². The van der Waals surface area contributed by atoms with E-state index >= 15 is 0 Å². The highest BCUT2D eigenvalue weighted by Crippen LogP contribution is 2.34. The van der Waals surface area contributed by atoms with E-state index in [0.29, 0.717) is 5.69 Å². The molecule has 0 bridgehead atoms. The quantitative estimate of drug-likeness (QED) is 0.551. The molecule has 0 heterocycles. The van der Waals surface area contributed by atoms with Crippen LogP contribution in [-0.2, 0) is 16.2 Å². The van der Waals surface area contributed by atoms with Crippen molar-refractivity contribution in [3.63, 3.8) is 0 Å². The number of hydrazine groups is 1. The Morgan fingerprint density at radius 2 is 1.55 bits per heavy atom. The van der Waals surface area contributed by atoms with Gasteiger partial charge in [-0.15, -0.1) is 0 Å². The summed E-state index contributed by atoms with van der Waals surface area (Å²) in [4.78, 5) is 12.3. The van der Waals surface area contributed by atoms with E-state index in [4.69, 9.17) is 0 Å². The number of nitrogens with one attached hydrogen (secondary N) is 2. The van der Waals surface area contributed by atoms with E-state index in [1.165, 1.54) is 43.4 Å². The van der Waals surface area contributed by atoms with Gasteiger partial charge >= 0.3 is 6.18 Å². The van der Waals surface area contributed by atoms with Crippen molar-refractivity contribution in [3.05, 3.63) is 90.0 Å². The lowest BCUT2D eigenvalue weighted by molar-refractivity contribution is -0.137. The molecule has 0 fully saturated rings. The third kappa shape index (κ3) is 4.97. The number of rotatable bonds is 6. The lowest BCUT2D eigenvalue weighted by Crippen LogP contribution is -2.31. The monoisotopic (exact) mass is 449 g/mol. The highest BCUT2D eigenvalue weighted by molar-refractivity contribution is 7.92. The van der Waals surface area contributed by atoms with Crippen LogP contribution in [0.15, 0.2) is 83.8 Å². The van der Waals surface area contributed by atoms with Crippen LogP contribution in [0.2, 0.25) is 0 Å². The Hall–Kier alpha value is -3.53. The van der Waals surface area contributed by atoms with Crippen molar-refractivity contribution in [1.29, 1.82) is 0 Å². The maximum atomic E-state index is 13.1. The van der Waals surface area contributed by atoms with Crippen LogP contribution in [0.3, 0.4) is 0 Å². The van der Waals surface area contributed by atoms with Crippen molar-refractivity contribution < 1.29 is 26.4 Å². The minimum Gasteiger partial charge on any atom is -0.298 e. The first-order chi connectivity index (χ1) is 14.6. The van der Waals surface area contributed by atoms with Gasteiger partial charge in [0.2, 0.25) is 0 Å². The topological polar surface area (TPSA) is 78.5 Å². The van der Waals surface area contributed by atoms with Crippen LogP contribution in [0.25, 0.3) is 0 Å². The Bertz CT molecular complexity index is 1180. The lowest BCUT2D eigenvalue weighted by Gasteiger charge is -2.20. The SMILES string of the molecule is CN(c1ccccc1)S(=O)(=O)c1cccc(C(=O)NNc2ccccc2C(F)(F)F)c1. The third-order valence-electron chi connectivity index (χ3n) is 4.42. The van der Waals surface area contributed by atoms with Crippen LogP contribution < -0.4 is 15.2 Å². The molecule has 3 aromatic rings. The van der Waals surface area contributed by atoms with Crippen molar-refractivity contribution in [2.75, 3.05) is 16.8 Å². The fourth-order valence-electron chi connectivity index (χ4n) is 2.77. The molecule has 3 aromatic carbocycles. The average molecular weight is 449 g/mol. The molecule has 31 heavy (non-hydrogen) atoms. The summed E-state index contributed by atoms with van der Waals surface area (Å²) < 4.78 is 66.1. The molecule has 1 amide bonds. The van der Waals surface area contributed by atoms with Gasteiger partial charge in [0, 0.05) is 12.6 Å². The zero-order valence-electron chi connectivity index (χ0n) is 16.2. The smallest absolute Gasteiger partial charge is 0.298 e. The number of amides is 1. The Morgan fingerprint density at radius 1 is 0.903 bits per heavy atom. The van der Waals surface area contributed by atoms with Gasteiger partial charge in [-0.05, 0) is 42.5 Å². The Balaban J connectivity index is 1.80. The van der Waals surface area contributed by atoms with Crippen LogP contribution in [-0.4, -0.2) is 21.4 Å². The zero-order valence-corrected chi connectivity index (χ0v) is 17.0. The molecule has 0 atom stereocenters. The van der Waals surface area contributed by atoms with Crippen molar-refractivity contribution in [2.24, 2.45) is 0 Å². The van der Waals surface area contributed by atoms with Gasteiger partial charge in [0.1, 0.15) is 0 Å². The first kappa shape index (κ1) is 22.2. The van der Waals surface area contributed by atoms with E-state index in [2.05, 4.69) is 10.9 Å². The van der Waals surface area contributed by atoms with E-state index in [1.807, 2.05) is 0 Å². The number of hydrogen-bond acceptors (Lipinski definition) is 4. The molecule has 0 aliphatic carbocycles. The summed E-state index contributed by atoms with van der Waals surface area (Å²) in [6.07, 6.45) is -4.61. The van der Waals surface area contributed by atoms with Crippen molar-refractivity contribution in [2.45, 2.75) is 11.1 Å². The lowest BCUT2D eigenvalue weighted by atomic mass is 10.2. The highest BCUT2D eigenvalue weighted by Gasteiger charge is 2.33. The highest BCUT2D eigenvalue weighted by atomic mass is 32.2. The number of alkyl halides is 3. The molecular formula is C21H18F3N3O3S. The molecule has 162 valence electrons. The van der Waals surface area contributed by atoms with Gasteiger partial charge in [-0.25, -0.2) is 8.42 Å². The second-order valence-electron chi connectivity index (χ2n) is 6.46. The van der Waals surface area contributed by atoms with Gasteiger partial charge < -0.3 is 0 Å². The molecule has 2 N–H and O–H groups in total. The van der Waals surface area contributed by atoms with Crippen molar-refractivity contribution in [3.8, 4) is 0 Å². The number of anilines is 2. The summed E-state index contributed by atoms with van der Waals surface area (Å²) in [6.45, 7) is 0. The number of sulfonamides is 1. The molecule has 10 heteroatoms. The molecule has 0 saturated heterocycles. The van der Waals surface area contributed by atoms with Gasteiger partial charge in [0.05, 0.1) is 21.8 Å². The predicted octanol–water partition coefficient (Wildman–Crippen LogP) is 4.29. The first-order valence-corrected chi connectivity index (χ1v) is 10.4. The van der Waals surface area contributed by atoms with Gasteiger partial charge in [-0.3, -0.25) is 20.0 Å². The van der Waals surface area contributed by atoms with E-state index in [1.54, 1.807) is 30.3 Å².